The van der Waals surface area contributed by atoms with E-state index < -0.39 is 37.3 Å². The number of aryl methyl sites for hydroxylation is 1. The zero-order valence-electron chi connectivity index (χ0n) is 21.1. The van der Waals surface area contributed by atoms with Crippen LogP contribution in [-0.2, 0) is 11.3 Å². The van der Waals surface area contributed by atoms with Crippen molar-refractivity contribution in [2.45, 2.75) is 57.0 Å². The summed E-state index contributed by atoms with van der Waals surface area (Å²) in [6, 6.07) is 8.90. The molecule has 0 radical (unpaired) electrons. The van der Waals surface area contributed by atoms with Crippen LogP contribution in [-0.4, -0.2) is 79.6 Å². The van der Waals surface area contributed by atoms with Crippen molar-refractivity contribution in [3.8, 4) is 11.8 Å². The zero-order chi connectivity index (χ0) is 27.9. The van der Waals surface area contributed by atoms with E-state index in [1.54, 1.807) is 43.3 Å². The Balaban J connectivity index is 1.43. The minimum atomic E-state index is -1.53. The number of allylic oxidation sites excluding steroid dienone is 2. The third-order valence-corrected chi connectivity index (χ3v) is 6.25. The number of ether oxygens (including phenoxy) is 2. The quantitative estimate of drug-likeness (QED) is 0.246. The highest BCUT2D eigenvalue weighted by molar-refractivity contribution is 5.99. The third-order valence-electron chi connectivity index (χ3n) is 6.25. The van der Waals surface area contributed by atoms with Crippen molar-refractivity contribution >= 4 is 23.6 Å². The molecular weight excluding hydrogens is 506 g/mol. The van der Waals surface area contributed by atoms with Crippen LogP contribution in [0.4, 0.5) is 11.6 Å². The van der Waals surface area contributed by atoms with E-state index in [9.17, 15) is 20.4 Å². The lowest BCUT2D eigenvalue weighted by Crippen LogP contribution is -2.60. The van der Waals surface area contributed by atoms with Crippen LogP contribution in [0, 0.1) is 29.6 Å². The van der Waals surface area contributed by atoms with Crippen LogP contribution in [0.15, 0.2) is 51.6 Å². The molecule has 5 N–H and O–H groups in total. The topological polar surface area (TPSA) is 210 Å². The summed E-state index contributed by atoms with van der Waals surface area (Å²) in [6.07, 6.45) is -0.842. The summed E-state index contributed by atoms with van der Waals surface area (Å²) in [4.78, 5) is 13.2. The van der Waals surface area contributed by atoms with Gasteiger partial charge in [0.25, 0.3) is 0 Å². The minimum Gasteiger partial charge on any atom is -0.462 e. The summed E-state index contributed by atoms with van der Waals surface area (Å²) < 4.78 is 11.0. The minimum absolute atomic E-state index is 0.129. The Morgan fingerprint density at radius 2 is 1.90 bits per heavy atom. The lowest BCUT2D eigenvalue weighted by atomic mass is 9.96. The molecule has 6 atom stereocenters. The number of hydrogen-bond acceptors (Lipinski definition) is 13. The van der Waals surface area contributed by atoms with Crippen LogP contribution >= 0.6 is 0 Å². The molecule has 6 unspecified atom stereocenters. The molecule has 0 bridgehead atoms. The zero-order valence-corrected chi connectivity index (χ0v) is 21.1. The molecule has 13 nitrogen and oxygen atoms in total. The second-order valence-electron chi connectivity index (χ2n) is 9.07. The van der Waals surface area contributed by atoms with Crippen LogP contribution in [0.25, 0.3) is 0 Å². The van der Waals surface area contributed by atoms with Gasteiger partial charge in [-0.1, -0.05) is 18.2 Å². The third kappa shape index (κ3) is 6.75. The van der Waals surface area contributed by atoms with Crippen molar-refractivity contribution in [2.24, 2.45) is 21.1 Å². The number of aliphatic hydroxyl groups excluding tert-OH is 4. The fourth-order valence-electron chi connectivity index (χ4n) is 4.05. The van der Waals surface area contributed by atoms with Gasteiger partial charge in [0.15, 0.2) is 11.6 Å². The second kappa shape index (κ2) is 12.7. The predicted octanol–water partition coefficient (Wildman–Crippen LogP) is 1.81. The summed E-state index contributed by atoms with van der Waals surface area (Å²) in [5, 5.41) is 64.6. The highest BCUT2D eigenvalue weighted by Gasteiger charge is 2.44. The smallest absolute Gasteiger partial charge is 0.229 e. The van der Waals surface area contributed by atoms with E-state index in [4.69, 9.17) is 20.1 Å². The molecule has 13 heteroatoms. The molecule has 1 aliphatic carbocycles. The Kier molecular flexibility index (Phi) is 9.18. The summed E-state index contributed by atoms with van der Waals surface area (Å²) in [5.41, 5.74) is 1.87. The fourth-order valence-corrected chi connectivity index (χ4v) is 4.05. The van der Waals surface area contributed by atoms with Crippen LogP contribution in [0.1, 0.15) is 29.8 Å². The summed E-state index contributed by atoms with van der Waals surface area (Å²) >= 11 is 0. The van der Waals surface area contributed by atoms with Gasteiger partial charge < -0.3 is 35.3 Å². The number of aliphatic imine (C=N–C) groups is 1. The Bertz CT molecular complexity index is 1310. The largest absolute Gasteiger partial charge is 0.462 e. The normalized spacial score (nSPS) is 27.9. The first-order valence-electron chi connectivity index (χ1n) is 12.3. The molecule has 39 heavy (non-hydrogen) atoms. The maximum absolute atomic E-state index is 10.1. The van der Waals surface area contributed by atoms with Crippen molar-refractivity contribution in [1.82, 2.24) is 9.97 Å². The van der Waals surface area contributed by atoms with Crippen LogP contribution in [0.2, 0.25) is 0 Å². The molecule has 1 aliphatic heterocycles. The SMILES string of the molecule is Cc1nc(N=NCc2ccc(OC3OC(CO)C(O)C(O)C3O)cc2)c(C=N)c(N=C2C=CC(C#N)CC2)n1. The van der Waals surface area contributed by atoms with E-state index in [0.717, 1.165) is 17.5 Å². The summed E-state index contributed by atoms with van der Waals surface area (Å²) in [7, 11) is 0. The highest BCUT2D eigenvalue weighted by Crippen LogP contribution is 2.27. The molecule has 2 heterocycles. The predicted molar refractivity (Wildman–Crippen MR) is 138 cm³/mol. The van der Waals surface area contributed by atoms with Crippen molar-refractivity contribution in [1.29, 1.82) is 10.7 Å². The number of hydrogen-bond donors (Lipinski definition) is 5. The number of benzene rings is 1. The lowest BCUT2D eigenvalue weighted by molar-refractivity contribution is -0.277. The molecule has 204 valence electrons. The van der Waals surface area contributed by atoms with Gasteiger partial charge in [-0.05, 0) is 43.5 Å². The molecular formula is C26H29N7O6. The van der Waals surface area contributed by atoms with E-state index in [1.165, 1.54) is 0 Å². The number of nitriles is 1. The Morgan fingerprint density at radius 1 is 1.15 bits per heavy atom. The van der Waals surface area contributed by atoms with Gasteiger partial charge in [0.1, 0.15) is 36.0 Å². The molecule has 0 amide bonds. The van der Waals surface area contributed by atoms with E-state index >= 15 is 0 Å². The van der Waals surface area contributed by atoms with Crippen LogP contribution in [0.3, 0.4) is 0 Å². The first kappa shape index (κ1) is 28.1. The molecule has 1 aromatic carbocycles. The number of aromatic nitrogens is 2. The second-order valence-corrected chi connectivity index (χ2v) is 9.07. The van der Waals surface area contributed by atoms with Gasteiger partial charge in [-0.15, -0.1) is 5.11 Å². The molecule has 2 aromatic rings. The fraction of sp³-hybridized carbons (Fsp3) is 0.423. The van der Waals surface area contributed by atoms with Gasteiger partial charge in [0.2, 0.25) is 6.29 Å². The van der Waals surface area contributed by atoms with Gasteiger partial charge in [-0.3, -0.25) is 0 Å². The number of rotatable bonds is 8. The van der Waals surface area contributed by atoms with E-state index in [1.807, 2.05) is 0 Å². The highest BCUT2D eigenvalue weighted by atomic mass is 16.7. The van der Waals surface area contributed by atoms with E-state index in [-0.39, 0.29) is 18.3 Å². The van der Waals surface area contributed by atoms with E-state index in [0.29, 0.717) is 35.8 Å². The number of nitrogens with one attached hydrogen (secondary N) is 1. The lowest BCUT2D eigenvalue weighted by Gasteiger charge is -2.39. The summed E-state index contributed by atoms with van der Waals surface area (Å²) in [6.45, 7) is 1.35. The molecule has 1 fully saturated rings. The monoisotopic (exact) mass is 535 g/mol. The average molecular weight is 536 g/mol. The van der Waals surface area contributed by atoms with Crippen LogP contribution < -0.4 is 4.74 Å². The van der Waals surface area contributed by atoms with Gasteiger partial charge >= 0.3 is 0 Å². The van der Waals surface area contributed by atoms with Gasteiger partial charge in [-0.25, -0.2) is 15.0 Å². The van der Waals surface area contributed by atoms with Crippen LogP contribution in [0.5, 0.6) is 5.75 Å². The maximum Gasteiger partial charge on any atom is 0.229 e. The number of azo groups is 1. The first-order chi connectivity index (χ1) is 18.8. The number of aliphatic hydroxyl groups is 4. The average Bonchev–Trinajstić information content (AvgIpc) is 2.94. The Labute approximate surface area is 224 Å². The van der Waals surface area contributed by atoms with Crippen molar-refractivity contribution < 1.29 is 29.9 Å². The molecule has 0 spiro atoms. The van der Waals surface area contributed by atoms with Crippen molar-refractivity contribution in [3.05, 3.63) is 53.4 Å². The molecule has 2 aliphatic rings. The number of nitrogens with zero attached hydrogens (tertiary/aromatic N) is 6. The van der Waals surface area contributed by atoms with Crippen molar-refractivity contribution in [2.75, 3.05) is 6.61 Å². The van der Waals surface area contributed by atoms with Gasteiger partial charge in [-0.2, -0.15) is 10.4 Å². The molecule has 0 saturated carbocycles. The molecule has 4 rings (SSSR count). The van der Waals surface area contributed by atoms with Gasteiger partial charge in [0.05, 0.1) is 30.7 Å². The van der Waals surface area contributed by atoms with E-state index in [2.05, 4.69) is 31.3 Å². The van der Waals surface area contributed by atoms with Gasteiger partial charge in [0, 0.05) is 11.9 Å². The first-order valence-corrected chi connectivity index (χ1v) is 12.3. The standard InChI is InChI=1S/C26H29N7O6/c1-14-30-24(32-17-6-2-15(10-27)3-7-17)19(11-28)25(31-14)33-29-12-16-4-8-18(9-5-16)38-26-23(37)22(36)21(35)20(13-34)39-26/h2,4-6,8-9,11,15,20-23,26,28,34-37H,3,7,12-13H2,1H3. The van der Waals surface area contributed by atoms with Crippen molar-refractivity contribution in [3.63, 3.8) is 0 Å². The molecule has 1 aromatic heterocycles. The Hall–Kier alpha value is -3.93. The Morgan fingerprint density at radius 3 is 2.54 bits per heavy atom. The maximum atomic E-state index is 10.1. The summed E-state index contributed by atoms with van der Waals surface area (Å²) in [5.74, 6) is 1.17. The molecule has 1 saturated heterocycles.